The molecule has 70 valence electrons. The number of hydrogen-bond acceptors (Lipinski definition) is 3. The zero-order valence-corrected chi connectivity index (χ0v) is 10.2. The average Bonchev–Trinajstić information content (AvgIpc) is 2.54. The van der Waals surface area contributed by atoms with E-state index in [0.29, 0.717) is 5.92 Å². The Balaban J connectivity index is 1.99. The van der Waals surface area contributed by atoms with Gasteiger partial charge in [-0.15, -0.1) is 0 Å². The molecule has 0 amide bonds. The van der Waals surface area contributed by atoms with Crippen LogP contribution < -0.4 is 0 Å². The molecule has 1 aromatic carbocycles. The number of benzene rings is 1. The molecule has 0 saturated carbocycles. The number of rotatable bonds is 1. The lowest BCUT2D eigenvalue weighted by Gasteiger charge is -2.27. The van der Waals surface area contributed by atoms with Crippen LogP contribution in [0.25, 0.3) is 0 Å². The van der Waals surface area contributed by atoms with Crippen molar-refractivity contribution in [2.75, 3.05) is 0 Å². The predicted molar refractivity (Wildman–Crippen MR) is 64.6 cm³/mol. The Morgan fingerprint density at radius 1 is 1.36 bits per heavy atom. The lowest BCUT2D eigenvalue weighted by atomic mass is 9.77. The summed E-state index contributed by atoms with van der Waals surface area (Å²) in [5.74, 6) is 1.45. The minimum absolute atomic E-state index is 0.450. The van der Waals surface area contributed by atoms with Crippen LogP contribution in [0.2, 0.25) is 0 Å². The highest BCUT2D eigenvalue weighted by molar-refractivity contribution is 14.1. The lowest BCUT2D eigenvalue weighted by molar-refractivity contribution is 0.670. The van der Waals surface area contributed by atoms with Crippen molar-refractivity contribution >= 4 is 34.1 Å². The van der Waals surface area contributed by atoms with Gasteiger partial charge in [0, 0.05) is 5.92 Å². The largest absolute Gasteiger partial charge is 0.213 e. The van der Waals surface area contributed by atoms with Gasteiger partial charge in [-0.25, -0.2) is 4.98 Å². The fourth-order valence-electron chi connectivity index (χ4n) is 1.85. The van der Waals surface area contributed by atoms with Gasteiger partial charge in [-0.05, 0) is 51.7 Å². The van der Waals surface area contributed by atoms with E-state index >= 15 is 0 Å². The predicted octanol–water partition coefficient (Wildman–Crippen LogP) is 2.83. The maximum absolute atomic E-state index is 4.43. The van der Waals surface area contributed by atoms with Crippen LogP contribution in [0.15, 0.2) is 24.3 Å². The van der Waals surface area contributed by atoms with E-state index in [1.807, 2.05) is 0 Å². The molecule has 0 saturated heterocycles. The molecule has 14 heavy (non-hydrogen) atoms. The summed E-state index contributed by atoms with van der Waals surface area (Å²) in [6.07, 6.45) is 1.10. The Labute approximate surface area is 99.7 Å². The summed E-state index contributed by atoms with van der Waals surface area (Å²) >= 11 is 3.70. The molecule has 1 atom stereocenters. The van der Waals surface area contributed by atoms with Crippen LogP contribution in [0.3, 0.4) is 0 Å². The van der Waals surface area contributed by atoms with Crippen LogP contribution in [0.4, 0.5) is 0 Å². The molecular weight excluding hydrogens is 307 g/mol. The van der Waals surface area contributed by atoms with Crippen LogP contribution in [-0.2, 0) is 6.42 Å². The van der Waals surface area contributed by atoms with Gasteiger partial charge < -0.3 is 0 Å². The molecule has 0 aliphatic heterocycles. The van der Waals surface area contributed by atoms with Crippen molar-refractivity contribution in [3.8, 4) is 0 Å². The first-order valence-corrected chi connectivity index (χ1v) is 6.27. The van der Waals surface area contributed by atoms with Crippen molar-refractivity contribution in [3.05, 3.63) is 44.2 Å². The Morgan fingerprint density at radius 3 is 2.93 bits per heavy atom. The van der Waals surface area contributed by atoms with Gasteiger partial charge in [0.1, 0.15) is 0 Å². The first-order chi connectivity index (χ1) is 6.84. The molecule has 1 aliphatic carbocycles. The van der Waals surface area contributed by atoms with Gasteiger partial charge in [0.2, 0.25) is 0 Å². The third-order valence-electron chi connectivity index (χ3n) is 2.58. The molecule has 3 rings (SSSR count). The van der Waals surface area contributed by atoms with Gasteiger partial charge in [-0.2, -0.15) is 4.37 Å². The van der Waals surface area contributed by atoms with E-state index in [9.17, 15) is 0 Å². The third kappa shape index (κ3) is 1.28. The van der Waals surface area contributed by atoms with Crippen LogP contribution in [0.1, 0.15) is 22.9 Å². The zero-order chi connectivity index (χ0) is 9.54. The van der Waals surface area contributed by atoms with Crippen molar-refractivity contribution in [1.82, 2.24) is 9.36 Å². The van der Waals surface area contributed by atoms with E-state index in [4.69, 9.17) is 0 Å². The summed E-state index contributed by atoms with van der Waals surface area (Å²) < 4.78 is 5.39. The van der Waals surface area contributed by atoms with E-state index in [2.05, 4.69) is 56.2 Å². The Morgan fingerprint density at radius 2 is 2.21 bits per heavy atom. The molecule has 0 spiro atoms. The standard InChI is InChI=1S/C10H7IN2S/c11-10-12-9(13-14-10)8-5-6-3-1-2-4-7(6)8/h1-4,8H,5H2. The van der Waals surface area contributed by atoms with Gasteiger partial charge >= 0.3 is 0 Å². The second kappa shape index (κ2) is 3.27. The monoisotopic (exact) mass is 314 g/mol. The lowest BCUT2D eigenvalue weighted by Crippen LogP contribution is -2.18. The van der Waals surface area contributed by atoms with Crippen LogP contribution in [0, 0.1) is 3.01 Å². The maximum Gasteiger partial charge on any atom is 0.173 e. The summed E-state index contributed by atoms with van der Waals surface area (Å²) in [6, 6.07) is 8.54. The Bertz CT molecular complexity index is 480. The molecule has 2 aromatic rings. The summed E-state index contributed by atoms with van der Waals surface area (Å²) in [5.41, 5.74) is 2.85. The molecule has 0 fully saturated rings. The fraction of sp³-hybridized carbons (Fsp3) is 0.200. The quantitative estimate of drug-likeness (QED) is 0.757. The zero-order valence-electron chi connectivity index (χ0n) is 7.27. The molecule has 0 N–H and O–H groups in total. The van der Waals surface area contributed by atoms with Crippen LogP contribution >= 0.6 is 34.1 Å². The summed E-state index contributed by atoms with van der Waals surface area (Å²) in [6.45, 7) is 0. The highest BCUT2D eigenvalue weighted by atomic mass is 127. The molecule has 2 nitrogen and oxygen atoms in total. The summed E-state index contributed by atoms with van der Waals surface area (Å²) in [4.78, 5) is 4.43. The summed E-state index contributed by atoms with van der Waals surface area (Å²) in [7, 11) is 0. The van der Waals surface area contributed by atoms with Crippen molar-refractivity contribution in [2.45, 2.75) is 12.3 Å². The van der Waals surface area contributed by atoms with Gasteiger partial charge in [-0.1, -0.05) is 24.3 Å². The molecule has 1 unspecified atom stereocenters. The first kappa shape index (κ1) is 8.79. The second-order valence-corrected chi connectivity index (χ2v) is 5.87. The fourth-order valence-corrected chi connectivity index (χ4v) is 2.86. The number of aromatic nitrogens is 2. The molecule has 1 aromatic heterocycles. The van der Waals surface area contributed by atoms with Crippen LogP contribution in [0.5, 0.6) is 0 Å². The SMILES string of the molecule is Ic1nc(C2Cc3ccccc32)ns1. The molecular formula is C10H7IN2S. The highest BCUT2D eigenvalue weighted by Gasteiger charge is 2.29. The molecule has 4 heteroatoms. The van der Waals surface area contributed by atoms with Crippen molar-refractivity contribution in [2.24, 2.45) is 0 Å². The first-order valence-electron chi connectivity index (χ1n) is 4.41. The normalized spacial score (nSPS) is 18.8. The number of halogens is 1. The maximum atomic E-state index is 4.43. The number of hydrogen-bond donors (Lipinski definition) is 0. The van der Waals surface area contributed by atoms with E-state index in [-0.39, 0.29) is 0 Å². The van der Waals surface area contributed by atoms with Crippen LogP contribution in [-0.4, -0.2) is 9.36 Å². The van der Waals surface area contributed by atoms with E-state index < -0.39 is 0 Å². The van der Waals surface area contributed by atoms with Crippen molar-refractivity contribution in [1.29, 1.82) is 0 Å². The van der Waals surface area contributed by atoms with E-state index in [1.54, 1.807) is 0 Å². The van der Waals surface area contributed by atoms with Gasteiger partial charge in [0.25, 0.3) is 0 Å². The van der Waals surface area contributed by atoms with E-state index in [1.165, 1.54) is 22.7 Å². The minimum atomic E-state index is 0.450. The van der Waals surface area contributed by atoms with Gasteiger partial charge in [-0.3, -0.25) is 0 Å². The topological polar surface area (TPSA) is 25.8 Å². The Hall–Kier alpha value is -0.490. The smallest absolute Gasteiger partial charge is 0.173 e. The number of nitrogens with zero attached hydrogens (tertiary/aromatic N) is 2. The molecule has 1 heterocycles. The van der Waals surface area contributed by atoms with Gasteiger partial charge in [0.05, 0.1) is 0 Å². The minimum Gasteiger partial charge on any atom is -0.213 e. The van der Waals surface area contributed by atoms with Crippen molar-refractivity contribution in [3.63, 3.8) is 0 Å². The van der Waals surface area contributed by atoms with Gasteiger partial charge in [0.15, 0.2) is 8.84 Å². The second-order valence-electron chi connectivity index (χ2n) is 3.36. The third-order valence-corrected chi connectivity index (χ3v) is 3.94. The molecule has 0 radical (unpaired) electrons. The Kier molecular flexibility index (Phi) is 2.05. The molecule has 1 aliphatic rings. The van der Waals surface area contributed by atoms with Crippen molar-refractivity contribution < 1.29 is 0 Å². The summed E-state index contributed by atoms with van der Waals surface area (Å²) in [5, 5.41) is 0. The number of fused-ring (bicyclic) bond motifs is 1. The van der Waals surface area contributed by atoms with E-state index in [0.717, 1.165) is 15.3 Å². The molecule has 0 bridgehead atoms. The highest BCUT2D eigenvalue weighted by Crippen LogP contribution is 2.38. The average molecular weight is 314 g/mol.